The van der Waals surface area contributed by atoms with Crippen molar-refractivity contribution in [3.63, 3.8) is 0 Å². The molecule has 2 heterocycles. The van der Waals surface area contributed by atoms with Crippen molar-refractivity contribution in [2.24, 2.45) is 11.8 Å². The second-order valence-electron chi connectivity index (χ2n) is 11.0. The van der Waals surface area contributed by atoms with Crippen LogP contribution in [0.1, 0.15) is 11.1 Å². The van der Waals surface area contributed by atoms with Crippen LogP contribution in [-0.4, -0.2) is 108 Å². The largest absolute Gasteiger partial charge is 0.493 e. The van der Waals surface area contributed by atoms with Crippen molar-refractivity contribution < 1.29 is 33.6 Å². The minimum absolute atomic E-state index is 0.0640. The zero-order valence-electron chi connectivity index (χ0n) is 24.2. The van der Waals surface area contributed by atoms with E-state index in [2.05, 4.69) is 30.1 Å². The van der Waals surface area contributed by atoms with Gasteiger partial charge in [0.1, 0.15) is 0 Å². The summed E-state index contributed by atoms with van der Waals surface area (Å²) in [7, 11) is 8.74. The Morgan fingerprint density at radius 3 is 2.27 bits per heavy atom. The smallest absolute Gasteiger partial charge is 0.407 e. The van der Waals surface area contributed by atoms with E-state index in [0.29, 0.717) is 37.5 Å². The summed E-state index contributed by atoms with van der Waals surface area (Å²) >= 11 is 0. The fourth-order valence-electron chi connectivity index (χ4n) is 5.71. The number of hydrogen-bond acceptors (Lipinski definition) is 7. The molecule has 0 aliphatic carbocycles. The topological polar surface area (TPSA) is 97.8 Å². The van der Waals surface area contributed by atoms with Crippen LogP contribution < -0.4 is 18.7 Å². The summed E-state index contributed by atoms with van der Waals surface area (Å²) in [6, 6.07) is 12.2. The normalized spacial score (nSPS) is 20.6. The number of carbonyl (C=O) groups is 2. The Morgan fingerprint density at radius 1 is 1.00 bits per heavy atom. The second-order valence-corrected chi connectivity index (χ2v) is 11.0. The number of hydrogen-bond donors (Lipinski definition) is 1. The lowest BCUT2D eigenvalue weighted by molar-refractivity contribution is -0.141. The molecule has 2 aromatic carbocycles. The number of methoxy groups -OCH3 is 3. The van der Waals surface area contributed by atoms with Gasteiger partial charge < -0.3 is 29.0 Å². The standard InChI is InChI=1S/C30H41N3O7/c1-31(30(35)36)10-11-32-12-14-33(2,15-13-32)25-8-6-22(18-27(25)38-4)17-24-23(20-40-29(24)34)16-21-7-9-26(37-3)28(19-21)39-5/h6-9,18-19,23-24H,10-17,20H2,1-5H3/p+1/t23?,24-/m1/s1. The van der Waals surface area contributed by atoms with Gasteiger partial charge in [-0.25, -0.2) is 4.79 Å². The van der Waals surface area contributed by atoms with E-state index in [0.717, 1.165) is 59.8 Å². The van der Waals surface area contributed by atoms with E-state index in [4.69, 9.17) is 24.1 Å². The van der Waals surface area contributed by atoms with Crippen LogP contribution in [0.15, 0.2) is 36.4 Å². The van der Waals surface area contributed by atoms with E-state index in [1.807, 2.05) is 18.2 Å². The summed E-state index contributed by atoms with van der Waals surface area (Å²) < 4.78 is 22.9. The Kier molecular flexibility index (Phi) is 9.42. The molecule has 0 radical (unpaired) electrons. The lowest BCUT2D eigenvalue weighted by Gasteiger charge is -2.42. The van der Waals surface area contributed by atoms with Crippen molar-refractivity contribution in [1.82, 2.24) is 14.3 Å². The fraction of sp³-hybridized carbons (Fsp3) is 0.533. The quantitative estimate of drug-likeness (QED) is 0.333. The highest BCUT2D eigenvalue weighted by molar-refractivity contribution is 5.75. The van der Waals surface area contributed by atoms with E-state index in [-0.39, 0.29) is 17.8 Å². The van der Waals surface area contributed by atoms with Crippen LogP contribution in [0.2, 0.25) is 0 Å². The number of esters is 1. The monoisotopic (exact) mass is 556 g/mol. The van der Waals surface area contributed by atoms with Crippen molar-refractivity contribution in [3.8, 4) is 17.2 Å². The van der Waals surface area contributed by atoms with Crippen molar-refractivity contribution >= 4 is 17.7 Å². The Labute approximate surface area is 236 Å². The van der Waals surface area contributed by atoms with Crippen LogP contribution in [0, 0.1) is 11.8 Å². The third-order valence-corrected chi connectivity index (χ3v) is 8.44. The average molecular weight is 557 g/mol. The summed E-state index contributed by atoms with van der Waals surface area (Å²) in [6.45, 7) is 5.17. The predicted molar refractivity (Wildman–Crippen MR) is 152 cm³/mol. The third-order valence-electron chi connectivity index (χ3n) is 8.44. The Hall–Kier alpha value is -3.50. The van der Waals surface area contributed by atoms with Crippen molar-refractivity contribution in [3.05, 3.63) is 47.5 Å². The fourth-order valence-corrected chi connectivity index (χ4v) is 5.71. The van der Waals surface area contributed by atoms with E-state index in [9.17, 15) is 9.59 Å². The molecule has 1 N–H and O–H groups in total. The number of ether oxygens (including phenoxy) is 4. The van der Waals surface area contributed by atoms with Crippen molar-refractivity contribution in [1.29, 1.82) is 0 Å². The molecule has 2 aliphatic heterocycles. The number of piperazine rings is 1. The van der Waals surface area contributed by atoms with E-state index >= 15 is 0 Å². The first kappa shape index (κ1) is 29.5. The summed E-state index contributed by atoms with van der Waals surface area (Å²) in [5.41, 5.74) is 3.23. The summed E-state index contributed by atoms with van der Waals surface area (Å²) in [6.07, 6.45) is 0.391. The molecule has 40 heavy (non-hydrogen) atoms. The molecular formula is C30H42N3O7+. The molecule has 2 fully saturated rings. The number of likely N-dealkylation sites (N-methyl/N-ethyl adjacent to an activating group) is 2. The SMILES string of the molecule is COc1ccc(CC2COC(=O)[C@@H]2Cc2ccc([N+]3(C)CCN(CCN(C)C(=O)O)CC3)c(OC)c2)cc1OC. The molecule has 2 atom stereocenters. The van der Waals surface area contributed by atoms with Gasteiger partial charge in [-0.15, -0.1) is 0 Å². The summed E-state index contributed by atoms with van der Waals surface area (Å²) in [5, 5.41) is 9.10. The summed E-state index contributed by atoms with van der Waals surface area (Å²) in [4.78, 5) is 27.5. The zero-order chi connectivity index (χ0) is 28.9. The maximum Gasteiger partial charge on any atom is 0.407 e. The third kappa shape index (κ3) is 6.62. The number of nitrogens with zero attached hydrogens (tertiary/aromatic N) is 3. The number of carboxylic acid groups (broad SMARTS) is 1. The highest BCUT2D eigenvalue weighted by atomic mass is 16.5. The highest BCUT2D eigenvalue weighted by Gasteiger charge is 2.38. The molecular weight excluding hydrogens is 514 g/mol. The van der Waals surface area contributed by atoms with E-state index in [1.165, 1.54) is 4.90 Å². The van der Waals surface area contributed by atoms with Gasteiger partial charge in [-0.1, -0.05) is 12.1 Å². The number of amides is 1. The molecule has 10 heteroatoms. The van der Waals surface area contributed by atoms with E-state index < -0.39 is 6.09 Å². The molecule has 0 saturated carbocycles. The van der Waals surface area contributed by atoms with Gasteiger partial charge in [-0.3, -0.25) is 14.2 Å². The average Bonchev–Trinajstić information content (AvgIpc) is 3.30. The minimum Gasteiger partial charge on any atom is -0.493 e. The van der Waals surface area contributed by atoms with Crippen molar-refractivity contribution in [2.45, 2.75) is 12.8 Å². The number of benzene rings is 2. The van der Waals surface area contributed by atoms with Crippen LogP contribution >= 0.6 is 0 Å². The van der Waals surface area contributed by atoms with Gasteiger partial charge in [0.2, 0.25) is 0 Å². The molecule has 1 unspecified atom stereocenters. The molecule has 4 rings (SSSR count). The van der Waals surface area contributed by atoms with Gasteiger partial charge >= 0.3 is 12.1 Å². The Morgan fingerprint density at radius 2 is 1.62 bits per heavy atom. The molecule has 0 aromatic heterocycles. The highest BCUT2D eigenvalue weighted by Crippen LogP contribution is 2.37. The van der Waals surface area contributed by atoms with Gasteiger partial charge in [0.15, 0.2) is 22.9 Å². The van der Waals surface area contributed by atoms with Gasteiger partial charge in [0.25, 0.3) is 0 Å². The van der Waals surface area contributed by atoms with Gasteiger partial charge in [0, 0.05) is 45.2 Å². The number of cyclic esters (lactones) is 1. The first-order valence-electron chi connectivity index (χ1n) is 13.7. The first-order chi connectivity index (χ1) is 19.2. The molecule has 2 saturated heterocycles. The van der Waals surface area contributed by atoms with E-state index in [1.54, 1.807) is 28.4 Å². The van der Waals surface area contributed by atoms with Gasteiger partial charge in [-0.05, 0) is 42.2 Å². The molecule has 10 nitrogen and oxygen atoms in total. The molecule has 0 bridgehead atoms. The van der Waals surface area contributed by atoms with Crippen molar-refractivity contribution in [2.75, 3.05) is 81.3 Å². The maximum absolute atomic E-state index is 12.7. The zero-order valence-corrected chi connectivity index (χ0v) is 24.2. The maximum atomic E-state index is 12.7. The van der Waals surface area contributed by atoms with Gasteiger partial charge in [-0.2, -0.15) is 0 Å². The lowest BCUT2D eigenvalue weighted by Crippen LogP contribution is -2.59. The molecule has 218 valence electrons. The lowest BCUT2D eigenvalue weighted by atomic mass is 9.85. The van der Waals surface area contributed by atoms with Crippen LogP contribution in [0.4, 0.5) is 10.5 Å². The number of quaternary nitrogens is 1. The number of rotatable bonds is 11. The minimum atomic E-state index is -0.902. The Bertz CT molecular complexity index is 1200. The molecule has 1 amide bonds. The van der Waals surface area contributed by atoms with Crippen LogP contribution in [0.5, 0.6) is 17.2 Å². The van der Waals surface area contributed by atoms with Crippen LogP contribution in [0.25, 0.3) is 0 Å². The molecule has 2 aromatic rings. The number of carbonyl (C=O) groups excluding carboxylic acids is 1. The second kappa shape index (κ2) is 12.8. The van der Waals surface area contributed by atoms with Gasteiger partial charge in [0.05, 0.1) is 54.0 Å². The summed E-state index contributed by atoms with van der Waals surface area (Å²) in [5.74, 6) is 1.85. The molecule has 2 aliphatic rings. The van der Waals surface area contributed by atoms with Crippen LogP contribution in [-0.2, 0) is 22.4 Å². The Balaban J connectivity index is 1.42. The first-order valence-corrected chi connectivity index (χ1v) is 13.7. The van der Waals surface area contributed by atoms with Crippen LogP contribution in [0.3, 0.4) is 0 Å². The predicted octanol–water partition coefficient (Wildman–Crippen LogP) is 3.15. The molecule has 0 spiro atoms.